The lowest BCUT2D eigenvalue weighted by Gasteiger charge is -2.22. The van der Waals surface area contributed by atoms with Gasteiger partial charge in [-0.15, -0.1) is 0 Å². The molecule has 0 aliphatic carbocycles. The topological polar surface area (TPSA) is 29.3 Å². The van der Waals surface area contributed by atoms with Crippen LogP contribution in [0.3, 0.4) is 0 Å². The fraction of sp³-hybridized carbons (Fsp3) is 0.333. The number of hydrogen-bond donors (Lipinski definition) is 1. The van der Waals surface area contributed by atoms with E-state index >= 15 is 0 Å². The van der Waals surface area contributed by atoms with E-state index in [1.807, 2.05) is 13.8 Å². The van der Waals surface area contributed by atoms with Crippen LogP contribution in [0.15, 0.2) is 24.3 Å². The van der Waals surface area contributed by atoms with Gasteiger partial charge < -0.3 is 5.01 Å². The number of hydrogen-bond acceptors (Lipinski definition) is 2. The van der Waals surface area contributed by atoms with Crippen molar-refractivity contribution in [1.82, 2.24) is 0 Å². The van der Waals surface area contributed by atoms with Gasteiger partial charge in [-0.2, -0.15) is 0 Å². The molecule has 0 saturated heterocycles. The van der Waals surface area contributed by atoms with Gasteiger partial charge in [-0.05, 0) is 38.1 Å². The summed E-state index contributed by atoms with van der Waals surface area (Å²) < 4.78 is 12.5. The van der Waals surface area contributed by atoms with Crippen molar-refractivity contribution >= 4 is 5.69 Å². The summed E-state index contributed by atoms with van der Waals surface area (Å²) in [7, 11) is 0. The van der Waals surface area contributed by atoms with E-state index in [-0.39, 0.29) is 11.9 Å². The quantitative estimate of drug-likeness (QED) is 0.540. The monoisotopic (exact) mass is 168 g/mol. The number of nitrogens with zero attached hydrogens (tertiary/aromatic N) is 1. The van der Waals surface area contributed by atoms with Crippen LogP contribution < -0.4 is 10.9 Å². The average molecular weight is 168 g/mol. The summed E-state index contributed by atoms with van der Waals surface area (Å²) >= 11 is 0. The minimum Gasteiger partial charge on any atom is -0.309 e. The highest BCUT2D eigenvalue weighted by Gasteiger charge is 2.04. The third kappa shape index (κ3) is 1.95. The first kappa shape index (κ1) is 9.00. The van der Waals surface area contributed by atoms with Gasteiger partial charge in [0, 0.05) is 6.04 Å². The van der Waals surface area contributed by atoms with Gasteiger partial charge in [-0.3, -0.25) is 0 Å². The lowest BCUT2D eigenvalue weighted by atomic mass is 10.2. The Morgan fingerprint density at radius 3 is 2.17 bits per heavy atom. The van der Waals surface area contributed by atoms with Crippen LogP contribution in [0.4, 0.5) is 10.1 Å². The van der Waals surface area contributed by atoms with Crippen molar-refractivity contribution < 1.29 is 4.39 Å². The molecule has 0 unspecified atom stereocenters. The average Bonchev–Trinajstić information content (AvgIpc) is 2.04. The van der Waals surface area contributed by atoms with Gasteiger partial charge in [0.05, 0.1) is 5.69 Å². The van der Waals surface area contributed by atoms with Crippen LogP contribution in [0, 0.1) is 5.82 Å². The molecule has 0 spiro atoms. The first-order valence-corrected chi connectivity index (χ1v) is 3.91. The van der Waals surface area contributed by atoms with Gasteiger partial charge in [-0.1, -0.05) is 0 Å². The molecule has 3 heteroatoms. The smallest absolute Gasteiger partial charge is 0.123 e. The summed E-state index contributed by atoms with van der Waals surface area (Å²) in [6, 6.07) is 6.34. The molecule has 0 radical (unpaired) electrons. The van der Waals surface area contributed by atoms with Gasteiger partial charge in [0.15, 0.2) is 0 Å². The molecule has 0 saturated carbocycles. The van der Waals surface area contributed by atoms with Crippen LogP contribution in [-0.2, 0) is 0 Å². The van der Waals surface area contributed by atoms with Crippen LogP contribution in [-0.4, -0.2) is 6.04 Å². The number of nitrogens with two attached hydrogens (primary N) is 1. The summed E-state index contributed by atoms with van der Waals surface area (Å²) in [6.07, 6.45) is 0. The molecule has 2 nitrogen and oxygen atoms in total. The molecule has 0 fully saturated rings. The molecule has 0 aromatic heterocycles. The highest BCUT2D eigenvalue weighted by Crippen LogP contribution is 2.13. The minimum absolute atomic E-state index is 0.218. The van der Waals surface area contributed by atoms with E-state index in [1.165, 1.54) is 12.1 Å². The van der Waals surface area contributed by atoms with Crippen LogP contribution >= 0.6 is 0 Å². The fourth-order valence-electron chi connectivity index (χ4n) is 0.911. The molecule has 0 amide bonds. The Morgan fingerprint density at radius 2 is 1.75 bits per heavy atom. The molecule has 0 aliphatic rings. The second-order valence-electron chi connectivity index (χ2n) is 2.98. The molecular weight excluding hydrogens is 155 g/mol. The van der Waals surface area contributed by atoms with Crippen molar-refractivity contribution in [2.24, 2.45) is 5.84 Å². The predicted molar refractivity (Wildman–Crippen MR) is 48.2 cm³/mol. The first-order valence-electron chi connectivity index (χ1n) is 3.91. The molecular formula is C9H13FN2. The van der Waals surface area contributed by atoms with Crippen molar-refractivity contribution in [2.75, 3.05) is 5.01 Å². The number of halogens is 1. The molecule has 1 rings (SSSR count). The van der Waals surface area contributed by atoms with E-state index in [4.69, 9.17) is 5.84 Å². The number of rotatable bonds is 2. The number of benzene rings is 1. The largest absolute Gasteiger partial charge is 0.309 e. The Labute approximate surface area is 71.8 Å². The summed E-state index contributed by atoms with van der Waals surface area (Å²) in [5.74, 6) is 5.46. The maximum Gasteiger partial charge on any atom is 0.123 e. The second kappa shape index (κ2) is 3.54. The van der Waals surface area contributed by atoms with E-state index in [0.717, 1.165) is 5.69 Å². The first-order chi connectivity index (χ1) is 5.61. The van der Waals surface area contributed by atoms with E-state index in [2.05, 4.69) is 0 Å². The van der Waals surface area contributed by atoms with E-state index < -0.39 is 0 Å². The SMILES string of the molecule is CC(C)N(N)c1ccc(F)cc1. The molecule has 12 heavy (non-hydrogen) atoms. The highest BCUT2D eigenvalue weighted by molar-refractivity contribution is 5.45. The molecule has 0 atom stereocenters. The lowest BCUT2D eigenvalue weighted by molar-refractivity contribution is 0.626. The summed E-state index contributed by atoms with van der Waals surface area (Å²) in [4.78, 5) is 0. The second-order valence-corrected chi connectivity index (χ2v) is 2.98. The maximum absolute atomic E-state index is 12.5. The summed E-state index contributed by atoms with van der Waals surface area (Å²) in [5, 5.41) is 1.60. The molecule has 0 heterocycles. The summed E-state index contributed by atoms with van der Waals surface area (Å²) in [5.41, 5.74) is 0.825. The Bertz CT molecular complexity index is 243. The third-order valence-corrected chi connectivity index (χ3v) is 1.68. The van der Waals surface area contributed by atoms with E-state index in [0.29, 0.717) is 0 Å². The minimum atomic E-state index is -0.240. The lowest BCUT2D eigenvalue weighted by Crippen LogP contribution is -2.37. The van der Waals surface area contributed by atoms with Crippen LogP contribution in [0.25, 0.3) is 0 Å². The standard InChI is InChI=1S/C9H13FN2/c1-7(2)12(11)9-5-3-8(10)4-6-9/h3-7H,11H2,1-2H3. The van der Waals surface area contributed by atoms with Gasteiger partial charge in [-0.25, -0.2) is 10.2 Å². The Morgan fingerprint density at radius 1 is 1.25 bits per heavy atom. The fourth-order valence-corrected chi connectivity index (χ4v) is 0.911. The van der Waals surface area contributed by atoms with E-state index in [1.54, 1.807) is 17.1 Å². The summed E-state index contributed by atoms with van der Waals surface area (Å²) in [6.45, 7) is 3.95. The molecule has 0 bridgehead atoms. The Balaban J connectivity index is 2.82. The maximum atomic E-state index is 12.5. The van der Waals surface area contributed by atoms with Crippen LogP contribution in [0.5, 0.6) is 0 Å². The number of anilines is 1. The molecule has 1 aromatic rings. The molecule has 0 aliphatic heterocycles. The highest BCUT2D eigenvalue weighted by atomic mass is 19.1. The van der Waals surface area contributed by atoms with Gasteiger partial charge >= 0.3 is 0 Å². The Kier molecular flexibility index (Phi) is 2.65. The third-order valence-electron chi connectivity index (χ3n) is 1.68. The van der Waals surface area contributed by atoms with Crippen molar-refractivity contribution in [3.8, 4) is 0 Å². The van der Waals surface area contributed by atoms with Gasteiger partial charge in [0.25, 0.3) is 0 Å². The normalized spacial score (nSPS) is 10.4. The van der Waals surface area contributed by atoms with Crippen molar-refractivity contribution in [3.63, 3.8) is 0 Å². The Hall–Kier alpha value is -1.09. The zero-order valence-corrected chi connectivity index (χ0v) is 7.29. The number of hydrazine groups is 1. The van der Waals surface area contributed by atoms with Gasteiger partial charge in [0.2, 0.25) is 0 Å². The predicted octanol–water partition coefficient (Wildman–Crippen LogP) is 1.91. The van der Waals surface area contributed by atoms with Crippen molar-refractivity contribution in [2.45, 2.75) is 19.9 Å². The molecule has 2 N–H and O–H groups in total. The van der Waals surface area contributed by atoms with Crippen LogP contribution in [0.2, 0.25) is 0 Å². The van der Waals surface area contributed by atoms with Crippen molar-refractivity contribution in [3.05, 3.63) is 30.1 Å². The zero-order chi connectivity index (χ0) is 9.14. The van der Waals surface area contributed by atoms with Gasteiger partial charge in [0.1, 0.15) is 5.82 Å². The molecule has 1 aromatic carbocycles. The van der Waals surface area contributed by atoms with Crippen molar-refractivity contribution in [1.29, 1.82) is 0 Å². The van der Waals surface area contributed by atoms with E-state index in [9.17, 15) is 4.39 Å². The molecule has 66 valence electrons. The zero-order valence-electron chi connectivity index (χ0n) is 7.29. The van der Waals surface area contributed by atoms with Crippen LogP contribution in [0.1, 0.15) is 13.8 Å².